The molecular weight excluding hydrogens is 442 g/mol. The zero-order chi connectivity index (χ0) is 26.2. The van der Waals surface area contributed by atoms with Gasteiger partial charge in [0.2, 0.25) is 0 Å². The summed E-state index contributed by atoms with van der Waals surface area (Å²) in [4.78, 5) is 29.7. The van der Waals surface area contributed by atoms with Gasteiger partial charge in [-0.15, -0.1) is 0 Å². The number of piperazine rings is 1. The zero-order valence-corrected chi connectivity index (χ0v) is 22.2. The van der Waals surface area contributed by atoms with Crippen molar-refractivity contribution >= 4 is 22.9 Å². The Morgan fingerprint density at radius 3 is 2.31 bits per heavy atom. The number of amides is 1. The molecule has 0 unspecified atom stereocenters. The number of pyridine rings is 1. The third-order valence-corrected chi connectivity index (χ3v) is 5.10. The van der Waals surface area contributed by atoms with Crippen LogP contribution in [0.3, 0.4) is 0 Å². The number of fused-ring (bicyclic) bond motifs is 1. The molecule has 0 atom stereocenters. The van der Waals surface area contributed by atoms with Crippen molar-refractivity contribution in [2.24, 2.45) is 0 Å². The Bertz CT molecular complexity index is 1170. The first-order valence-electron chi connectivity index (χ1n) is 12.2. The number of aryl methyl sites for hydroxylation is 1. The summed E-state index contributed by atoms with van der Waals surface area (Å²) >= 11 is 0. The summed E-state index contributed by atoms with van der Waals surface area (Å²) in [6.07, 6.45) is 4.84. The van der Waals surface area contributed by atoms with Crippen LogP contribution in [-0.4, -0.2) is 62.3 Å². The Labute approximate surface area is 208 Å². The van der Waals surface area contributed by atoms with Crippen LogP contribution in [0.15, 0.2) is 30.9 Å². The van der Waals surface area contributed by atoms with Gasteiger partial charge in [-0.2, -0.15) is 5.26 Å². The molecule has 0 spiro atoms. The van der Waals surface area contributed by atoms with Crippen molar-refractivity contribution in [3.8, 4) is 11.9 Å². The summed E-state index contributed by atoms with van der Waals surface area (Å²) in [7, 11) is 0. The van der Waals surface area contributed by atoms with E-state index < -0.39 is 5.60 Å². The largest absolute Gasteiger partial charge is 0.444 e. The molecule has 9 nitrogen and oxygen atoms in total. The van der Waals surface area contributed by atoms with Gasteiger partial charge in [0.1, 0.15) is 23.6 Å². The highest BCUT2D eigenvalue weighted by Crippen LogP contribution is 2.30. The van der Waals surface area contributed by atoms with Gasteiger partial charge in [-0.3, -0.25) is 4.57 Å². The first kappa shape index (κ1) is 27.6. The molecule has 1 aliphatic rings. The number of ether oxygens (including phenoxy) is 1. The fourth-order valence-corrected chi connectivity index (χ4v) is 3.68. The van der Waals surface area contributed by atoms with E-state index in [2.05, 4.69) is 25.9 Å². The van der Waals surface area contributed by atoms with E-state index in [0.717, 1.165) is 22.4 Å². The van der Waals surface area contributed by atoms with E-state index in [9.17, 15) is 10.1 Å². The van der Waals surface area contributed by atoms with Gasteiger partial charge in [0.25, 0.3) is 0 Å². The van der Waals surface area contributed by atoms with Gasteiger partial charge < -0.3 is 14.5 Å². The van der Waals surface area contributed by atoms with Crippen LogP contribution < -0.4 is 4.90 Å². The summed E-state index contributed by atoms with van der Waals surface area (Å²) in [5.41, 5.74) is 1.78. The topological polar surface area (TPSA) is 100 Å². The summed E-state index contributed by atoms with van der Waals surface area (Å²) in [6, 6.07) is 5.56. The highest BCUT2D eigenvalue weighted by Gasteiger charge is 2.28. The highest BCUT2D eigenvalue weighted by molar-refractivity contribution is 5.92. The van der Waals surface area contributed by atoms with Crippen LogP contribution in [-0.2, 0) is 4.74 Å². The van der Waals surface area contributed by atoms with Gasteiger partial charge in [0.15, 0.2) is 5.65 Å². The fraction of sp³-hybridized carbons (Fsp3) is 0.500. The van der Waals surface area contributed by atoms with Crippen LogP contribution >= 0.6 is 0 Å². The Balaban J connectivity index is 0.00000103. The smallest absolute Gasteiger partial charge is 0.410 e. The van der Waals surface area contributed by atoms with Gasteiger partial charge in [-0.1, -0.05) is 27.7 Å². The first-order valence-corrected chi connectivity index (χ1v) is 12.2. The number of hydrogen-bond acceptors (Lipinski definition) is 7. The van der Waals surface area contributed by atoms with Gasteiger partial charge >= 0.3 is 6.09 Å². The van der Waals surface area contributed by atoms with Crippen molar-refractivity contribution in [2.45, 2.75) is 61.0 Å². The summed E-state index contributed by atoms with van der Waals surface area (Å²) < 4.78 is 7.37. The van der Waals surface area contributed by atoms with Crippen LogP contribution in [0.2, 0.25) is 0 Å². The van der Waals surface area contributed by atoms with Crippen molar-refractivity contribution < 1.29 is 9.53 Å². The molecule has 3 aromatic rings. The second kappa shape index (κ2) is 12.2. The molecule has 0 saturated carbocycles. The van der Waals surface area contributed by atoms with Crippen LogP contribution in [0.5, 0.6) is 0 Å². The molecule has 3 aromatic heterocycles. The number of carbonyl (C=O) groups is 1. The lowest BCUT2D eigenvalue weighted by molar-refractivity contribution is 0.0240. The van der Waals surface area contributed by atoms with Gasteiger partial charge in [-0.05, 0) is 45.4 Å². The number of carbonyl (C=O) groups excluding carboxylic acids is 1. The molecule has 9 heteroatoms. The van der Waals surface area contributed by atoms with E-state index in [1.807, 2.05) is 66.2 Å². The maximum atomic E-state index is 12.4. The molecular formula is C26H37N7O2. The zero-order valence-electron chi connectivity index (χ0n) is 22.2. The van der Waals surface area contributed by atoms with E-state index in [-0.39, 0.29) is 6.09 Å². The second-order valence-electron chi connectivity index (χ2n) is 8.55. The molecule has 4 rings (SSSR count). The minimum atomic E-state index is -0.510. The molecule has 188 valence electrons. The van der Waals surface area contributed by atoms with Crippen molar-refractivity contribution in [2.75, 3.05) is 31.1 Å². The van der Waals surface area contributed by atoms with E-state index in [1.165, 1.54) is 0 Å². The molecule has 1 aliphatic heterocycles. The molecule has 0 N–H and O–H groups in total. The average Bonchev–Trinajstić information content (AvgIpc) is 3.22. The van der Waals surface area contributed by atoms with E-state index in [0.29, 0.717) is 37.6 Å². The summed E-state index contributed by atoms with van der Waals surface area (Å²) in [5, 5.41) is 10.2. The fourth-order valence-electron chi connectivity index (χ4n) is 3.68. The standard InChI is InChI=1S/C22H25N7O2.2C2H6/c1-15-13-29(17-11-16(12-23)5-6-24-17)20-18(15)19(25-14-26-20)27-7-9-28(10-8-27)21(30)31-22(2,3)4;2*1-2/h5-6,11,13-14H,7-10H2,1-4H3;2*1-2H3. The maximum absolute atomic E-state index is 12.4. The van der Waals surface area contributed by atoms with Crippen molar-refractivity contribution in [1.29, 1.82) is 5.26 Å². The molecule has 0 bridgehead atoms. The van der Waals surface area contributed by atoms with Crippen LogP contribution in [0.1, 0.15) is 59.6 Å². The maximum Gasteiger partial charge on any atom is 0.410 e. The minimum absolute atomic E-state index is 0.286. The number of aromatic nitrogens is 4. The molecule has 1 amide bonds. The molecule has 0 aliphatic carbocycles. The number of hydrogen-bond donors (Lipinski definition) is 0. The van der Waals surface area contributed by atoms with Crippen LogP contribution in [0.25, 0.3) is 16.9 Å². The normalized spacial score (nSPS) is 13.2. The number of nitriles is 1. The van der Waals surface area contributed by atoms with E-state index in [4.69, 9.17) is 4.74 Å². The van der Waals surface area contributed by atoms with E-state index in [1.54, 1.807) is 29.6 Å². The number of nitrogens with zero attached hydrogens (tertiary/aromatic N) is 7. The number of anilines is 1. The minimum Gasteiger partial charge on any atom is -0.444 e. The lowest BCUT2D eigenvalue weighted by Crippen LogP contribution is -2.50. The van der Waals surface area contributed by atoms with E-state index >= 15 is 0 Å². The predicted octanol–water partition coefficient (Wildman–Crippen LogP) is 5.11. The molecule has 4 heterocycles. The molecule has 1 saturated heterocycles. The Morgan fingerprint density at radius 2 is 1.71 bits per heavy atom. The van der Waals surface area contributed by atoms with Crippen LogP contribution in [0.4, 0.5) is 10.6 Å². The molecule has 0 aromatic carbocycles. The highest BCUT2D eigenvalue weighted by atomic mass is 16.6. The second-order valence-corrected chi connectivity index (χ2v) is 8.55. The molecule has 0 radical (unpaired) electrons. The van der Waals surface area contributed by atoms with Crippen LogP contribution in [0, 0.1) is 18.3 Å². The lowest BCUT2D eigenvalue weighted by Gasteiger charge is -2.36. The summed E-state index contributed by atoms with van der Waals surface area (Å²) in [6.45, 7) is 18.0. The monoisotopic (exact) mass is 479 g/mol. The van der Waals surface area contributed by atoms with Gasteiger partial charge in [0, 0.05) is 38.6 Å². The average molecular weight is 480 g/mol. The molecule has 1 fully saturated rings. The Morgan fingerprint density at radius 1 is 1.06 bits per heavy atom. The number of rotatable bonds is 2. The Hall–Kier alpha value is -3.67. The van der Waals surface area contributed by atoms with Crippen molar-refractivity contribution in [3.63, 3.8) is 0 Å². The van der Waals surface area contributed by atoms with Crippen molar-refractivity contribution in [3.05, 3.63) is 42.0 Å². The molecule has 35 heavy (non-hydrogen) atoms. The van der Waals surface area contributed by atoms with Gasteiger partial charge in [-0.25, -0.2) is 19.7 Å². The summed E-state index contributed by atoms with van der Waals surface area (Å²) in [5.74, 6) is 1.47. The third-order valence-electron chi connectivity index (χ3n) is 5.10. The lowest BCUT2D eigenvalue weighted by atomic mass is 10.2. The predicted molar refractivity (Wildman–Crippen MR) is 139 cm³/mol. The quantitative estimate of drug-likeness (QED) is 0.504. The van der Waals surface area contributed by atoms with Crippen molar-refractivity contribution in [1.82, 2.24) is 24.4 Å². The first-order chi connectivity index (χ1) is 16.8. The Kier molecular flexibility index (Phi) is 9.58. The SMILES string of the molecule is CC.CC.Cc1cn(-c2cc(C#N)ccn2)c2ncnc(N3CCN(C(=O)OC(C)(C)C)CC3)c12. The van der Waals surface area contributed by atoms with Gasteiger partial charge in [0.05, 0.1) is 17.0 Å². The third kappa shape index (κ3) is 6.47.